The van der Waals surface area contributed by atoms with Gasteiger partial charge in [-0.05, 0) is 53.9 Å². The van der Waals surface area contributed by atoms with Crippen molar-refractivity contribution in [1.29, 1.82) is 0 Å². The highest BCUT2D eigenvalue weighted by Gasteiger charge is 2.15. The summed E-state index contributed by atoms with van der Waals surface area (Å²) in [6, 6.07) is 4.33. The molecule has 0 aromatic heterocycles. The zero-order valence-electron chi connectivity index (χ0n) is 13.4. The number of hydrogen-bond donors (Lipinski definition) is 1. The normalized spacial score (nSPS) is 12.7. The van der Waals surface area contributed by atoms with E-state index in [0.717, 1.165) is 25.1 Å². The first-order chi connectivity index (χ1) is 10.0. The Morgan fingerprint density at radius 3 is 2.62 bits per heavy atom. The third-order valence-electron chi connectivity index (χ3n) is 3.57. The lowest BCUT2D eigenvalue weighted by Crippen LogP contribution is -2.34. The van der Waals surface area contributed by atoms with Crippen molar-refractivity contribution in [1.82, 2.24) is 4.90 Å². The SMILES string of the molecule is CCOc1cc(CN(CCOC)C(C)CC)cc(Br)c1O. The van der Waals surface area contributed by atoms with Crippen LogP contribution in [0.4, 0.5) is 0 Å². The van der Waals surface area contributed by atoms with Gasteiger partial charge in [-0.1, -0.05) is 6.92 Å². The molecule has 1 rings (SSSR count). The van der Waals surface area contributed by atoms with Crippen molar-refractivity contribution < 1.29 is 14.6 Å². The Labute approximate surface area is 136 Å². The number of nitrogens with zero attached hydrogens (tertiary/aromatic N) is 1. The van der Waals surface area contributed by atoms with E-state index in [1.807, 2.05) is 19.1 Å². The molecule has 0 saturated heterocycles. The molecule has 0 radical (unpaired) electrons. The topological polar surface area (TPSA) is 41.9 Å². The molecule has 0 fully saturated rings. The molecule has 0 amide bonds. The summed E-state index contributed by atoms with van der Waals surface area (Å²) >= 11 is 3.39. The molecule has 1 atom stereocenters. The van der Waals surface area contributed by atoms with Gasteiger partial charge in [0, 0.05) is 26.2 Å². The summed E-state index contributed by atoms with van der Waals surface area (Å²) in [7, 11) is 1.72. The fourth-order valence-electron chi connectivity index (χ4n) is 2.14. The average Bonchev–Trinajstić information content (AvgIpc) is 2.47. The molecule has 0 aliphatic heterocycles. The number of phenols is 1. The van der Waals surface area contributed by atoms with Gasteiger partial charge in [-0.3, -0.25) is 4.90 Å². The number of hydrogen-bond acceptors (Lipinski definition) is 4. The van der Waals surface area contributed by atoms with Gasteiger partial charge in [-0.2, -0.15) is 0 Å². The smallest absolute Gasteiger partial charge is 0.172 e. The molecule has 0 saturated carbocycles. The zero-order valence-corrected chi connectivity index (χ0v) is 14.9. The standard InChI is InChI=1S/C16H26BrNO3/c1-5-12(3)18(7-8-20-4)11-13-9-14(17)16(19)15(10-13)21-6-2/h9-10,12,19H,5-8,11H2,1-4H3. The molecule has 21 heavy (non-hydrogen) atoms. The fourth-order valence-corrected chi connectivity index (χ4v) is 2.63. The van der Waals surface area contributed by atoms with Gasteiger partial charge in [-0.25, -0.2) is 0 Å². The first kappa shape index (κ1) is 18.3. The van der Waals surface area contributed by atoms with Crippen molar-refractivity contribution in [3.05, 3.63) is 22.2 Å². The summed E-state index contributed by atoms with van der Waals surface area (Å²) in [5, 5.41) is 9.98. The highest BCUT2D eigenvalue weighted by molar-refractivity contribution is 9.10. The minimum Gasteiger partial charge on any atom is -0.503 e. The van der Waals surface area contributed by atoms with Crippen LogP contribution in [0.5, 0.6) is 11.5 Å². The molecule has 1 aromatic rings. The molecular weight excluding hydrogens is 334 g/mol. The van der Waals surface area contributed by atoms with Gasteiger partial charge in [0.15, 0.2) is 11.5 Å². The summed E-state index contributed by atoms with van der Waals surface area (Å²) in [6.07, 6.45) is 1.08. The van der Waals surface area contributed by atoms with E-state index < -0.39 is 0 Å². The monoisotopic (exact) mass is 359 g/mol. The van der Waals surface area contributed by atoms with E-state index in [1.54, 1.807) is 7.11 Å². The Hall–Kier alpha value is -0.780. The summed E-state index contributed by atoms with van der Waals surface area (Å²) in [4.78, 5) is 2.37. The second-order valence-corrected chi connectivity index (χ2v) is 5.93. The first-order valence-electron chi connectivity index (χ1n) is 7.40. The number of benzene rings is 1. The van der Waals surface area contributed by atoms with Crippen molar-refractivity contribution in [2.24, 2.45) is 0 Å². The summed E-state index contributed by atoms with van der Waals surface area (Å²) < 4.78 is 11.3. The van der Waals surface area contributed by atoms with Crippen molar-refractivity contribution in [3.8, 4) is 11.5 Å². The maximum absolute atomic E-state index is 9.98. The first-order valence-corrected chi connectivity index (χ1v) is 8.19. The minimum absolute atomic E-state index is 0.160. The van der Waals surface area contributed by atoms with Crippen LogP contribution in [0, 0.1) is 0 Å². The molecule has 120 valence electrons. The highest BCUT2D eigenvalue weighted by atomic mass is 79.9. The number of phenolic OH excluding ortho intramolecular Hbond substituents is 1. The van der Waals surface area contributed by atoms with Crippen molar-refractivity contribution in [3.63, 3.8) is 0 Å². The minimum atomic E-state index is 0.160. The Balaban J connectivity index is 2.91. The number of rotatable bonds is 9. The highest BCUT2D eigenvalue weighted by Crippen LogP contribution is 2.36. The predicted molar refractivity (Wildman–Crippen MR) is 89.0 cm³/mol. The molecule has 0 heterocycles. The Bertz CT molecular complexity index is 440. The summed E-state index contributed by atoms with van der Waals surface area (Å²) in [5.41, 5.74) is 1.11. The quantitative estimate of drug-likeness (QED) is 0.727. The van der Waals surface area contributed by atoms with Gasteiger partial charge in [-0.15, -0.1) is 0 Å². The zero-order chi connectivity index (χ0) is 15.8. The van der Waals surface area contributed by atoms with Crippen molar-refractivity contribution >= 4 is 15.9 Å². The van der Waals surface area contributed by atoms with Crippen LogP contribution in [0.2, 0.25) is 0 Å². The van der Waals surface area contributed by atoms with Gasteiger partial charge in [0.05, 0.1) is 17.7 Å². The van der Waals surface area contributed by atoms with Gasteiger partial charge >= 0.3 is 0 Å². The van der Waals surface area contributed by atoms with Crippen LogP contribution < -0.4 is 4.74 Å². The molecule has 5 heteroatoms. The number of halogens is 1. The molecule has 0 bridgehead atoms. The van der Waals surface area contributed by atoms with E-state index >= 15 is 0 Å². The molecule has 4 nitrogen and oxygen atoms in total. The molecule has 1 aromatic carbocycles. The van der Waals surface area contributed by atoms with E-state index in [-0.39, 0.29) is 5.75 Å². The number of methoxy groups -OCH3 is 1. The van der Waals surface area contributed by atoms with Crippen LogP contribution in [0.1, 0.15) is 32.8 Å². The maximum Gasteiger partial charge on any atom is 0.172 e. The third kappa shape index (κ3) is 5.49. The fraction of sp³-hybridized carbons (Fsp3) is 0.625. The van der Waals surface area contributed by atoms with Crippen LogP contribution in [0.25, 0.3) is 0 Å². The Morgan fingerprint density at radius 1 is 1.33 bits per heavy atom. The van der Waals surface area contributed by atoms with E-state index in [2.05, 4.69) is 34.7 Å². The van der Waals surface area contributed by atoms with Gasteiger partial charge < -0.3 is 14.6 Å². The Kier molecular flexibility index (Phi) is 8.07. The van der Waals surface area contributed by atoms with E-state index in [1.165, 1.54) is 0 Å². The lowest BCUT2D eigenvalue weighted by atomic mass is 10.1. The predicted octanol–water partition coefficient (Wildman–Crippen LogP) is 3.80. The largest absolute Gasteiger partial charge is 0.503 e. The van der Waals surface area contributed by atoms with Gasteiger partial charge in [0.25, 0.3) is 0 Å². The molecule has 0 aliphatic carbocycles. The van der Waals surface area contributed by atoms with Crippen LogP contribution in [-0.4, -0.2) is 42.9 Å². The lowest BCUT2D eigenvalue weighted by Gasteiger charge is -2.28. The van der Waals surface area contributed by atoms with Crippen molar-refractivity contribution in [2.75, 3.05) is 26.9 Å². The maximum atomic E-state index is 9.98. The van der Waals surface area contributed by atoms with Crippen LogP contribution in [0.15, 0.2) is 16.6 Å². The summed E-state index contributed by atoms with van der Waals surface area (Å²) in [5.74, 6) is 0.685. The van der Waals surface area contributed by atoms with E-state index in [9.17, 15) is 5.11 Å². The third-order valence-corrected chi connectivity index (χ3v) is 4.18. The molecule has 0 aliphatic rings. The van der Waals surface area contributed by atoms with Crippen LogP contribution in [0.3, 0.4) is 0 Å². The summed E-state index contributed by atoms with van der Waals surface area (Å²) in [6.45, 7) is 9.23. The molecular formula is C16H26BrNO3. The molecule has 0 spiro atoms. The second kappa shape index (κ2) is 9.28. The second-order valence-electron chi connectivity index (χ2n) is 5.08. The lowest BCUT2D eigenvalue weighted by molar-refractivity contribution is 0.118. The van der Waals surface area contributed by atoms with Crippen LogP contribution >= 0.6 is 15.9 Å². The Morgan fingerprint density at radius 2 is 2.05 bits per heavy atom. The van der Waals surface area contributed by atoms with E-state index in [0.29, 0.717) is 29.5 Å². The van der Waals surface area contributed by atoms with Crippen LogP contribution in [-0.2, 0) is 11.3 Å². The molecule has 1 unspecified atom stereocenters. The van der Waals surface area contributed by atoms with E-state index in [4.69, 9.17) is 9.47 Å². The van der Waals surface area contributed by atoms with Crippen molar-refractivity contribution in [2.45, 2.75) is 39.8 Å². The van der Waals surface area contributed by atoms with Gasteiger partial charge in [0.2, 0.25) is 0 Å². The number of ether oxygens (including phenoxy) is 2. The number of aromatic hydroxyl groups is 1. The average molecular weight is 360 g/mol. The van der Waals surface area contributed by atoms with Gasteiger partial charge in [0.1, 0.15) is 0 Å². The molecule has 1 N–H and O–H groups in total.